The SMILES string of the molecule is CC(C)(C)n1c(=O)[nH]c2c(NC(=O)Nc3ccccc3)ncnc21. The van der Waals surface area contributed by atoms with Crippen molar-refractivity contribution in [3.8, 4) is 0 Å². The molecule has 3 N–H and O–H groups in total. The molecule has 0 saturated heterocycles. The molecule has 0 bridgehead atoms. The van der Waals surface area contributed by atoms with Crippen LogP contribution in [0.5, 0.6) is 0 Å². The Morgan fingerprint density at radius 3 is 2.50 bits per heavy atom. The largest absolute Gasteiger partial charge is 0.328 e. The lowest BCUT2D eigenvalue weighted by Crippen LogP contribution is -2.32. The first-order valence-electron chi connectivity index (χ1n) is 7.45. The van der Waals surface area contributed by atoms with Crippen molar-refractivity contribution >= 4 is 28.7 Å². The number of anilines is 2. The van der Waals surface area contributed by atoms with E-state index in [1.54, 1.807) is 12.1 Å². The minimum absolute atomic E-state index is 0.244. The number of hydrogen-bond acceptors (Lipinski definition) is 4. The molecule has 3 rings (SSSR count). The average Bonchev–Trinajstić information content (AvgIpc) is 2.85. The van der Waals surface area contributed by atoms with E-state index in [1.165, 1.54) is 10.9 Å². The van der Waals surface area contributed by atoms with Gasteiger partial charge in [0.2, 0.25) is 0 Å². The molecule has 24 heavy (non-hydrogen) atoms. The molecule has 1 aromatic carbocycles. The van der Waals surface area contributed by atoms with Crippen LogP contribution >= 0.6 is 0 Å². The van der Waals surface area contributed by atoms with Crippen LogP contribution in [0.3, 0.4) is 0 Å². The second-order valence-corrected chi connectivity index (χ2v) is 6.30. The predicted molar refractivity (Wildman–Crippen MR) is 92.2 cm³/mol. The number of amides is 2. The third-order valence-electron chi connectivity index (χ3n) is 3.41. The number of carbonyl (C=O) groups excluding carboxylic acids is 1. The zero-order valence-electron chi connectivity index (χ0n) is 13.6. The van der Waals surface area contributed by atoms with Crippen molar-refractivity contribution in [2.24, 2.45) is 0 Å². The number of aromatic nitrogens is 4. The number of imidazole rings is 1. The lowest BCUT2D eigenvalue weighted by molar-refractivity contribution is 0.262. The highest BCUT2D eigenvalue weighted by molar-refractivity contribution is 6.02. The quantitative estimate of drug-likeness (QED) is 0.673. The summed E-state index contributed by atoms with van der Waals surface area (Å²) in [5, 5.41) is 5.34. The van der Waals surface area contributed by atoms with E-state index < -0.39 is 11.6 Å². The van der Waals surface area contributed by atoms with E-state index in [0.717, 1.165) is 0 Å². The second-order valence-electron chi connectivity index (χ2n) is 6.30. The monoisotopic (exact) mass is 326 g/mol. The Kier molecular flexibility index (Phi) is 3.80. The minimum atomic E-state index is -0.453. The fourth-order valence-electron chi connectivity index (χ4n) is 2.43. The van der Waals surface area contributed by atoms with Crippen molar-refractivity contribution in [2.75, 3.05) is 10.6 Å². The Morgan fingerprint density at radius 2 is 1.83 bits per heavy atom. The molecule has 3 aromatic rings. The van der Waals surface area contributed by atoms with Gasteiger partial charge in [-0.1, -0.05) is 18.2 Å². The van der Waals surface area contributed by atoms with Crippen molar-refractivity contribution in [1.82, 2.24) is 19.5 Å². The van der Waals surface area contributed by atoms with Gasteiger partial charge in [0.15, 0.2) is 11.5 Å². The summed E-state index contributed by atoms with van der Waals surface area (Å²) in [7, 11) is 0. The van der Waals surface area contributed by atoms with Gasteiger partial charge in [-0.2, -0.15) is 0 Å². The Morgan fingerprint density at radius 1 is 1.12 bits per heavy atom. The predicted octanol–water partition coefficient (Wildman–Crippen LogP) is 2.52. The molecule has 0 aliphatic rings. The Balaban J connectivity index is 1.93. The first kappa shape index (κ1) is 15.7. The number of para-hydroxylation sites is 1. The number of urea groups is 1. The fraction of sp³-hybridized carbons (Fsp3) is 0.250. The highest BCUT2D eigenvalue weighted by Gasteiger charge is 2.22. The van der Waals surface area contributed by atoms with Gasteiger partial charge in [-0.3, -0.25) is 9.88 Å². The molecule has 0 radical (unpaired) electrons. The van der Waals surface area contributed by atoms with E-state index in [1.807, 2.05) is 39.0 Å². The first-order chi connectivity index (χ1) is 11.4. The van der Waals surface area contributed by atoms with E-state index in [4.69, 9.17) is 0 Å². The van der Waals surface area contributed by atoms with Gasteiger partial charge >= 0.3 is 11.7 Å². The summed E-state index contributed by atoms with van der Waals surface area (Å²) in [4.78, 5) is 35.3. The van der Waals surface area contributed by atoms with E-state index in [2.05, 4.69) is 25.6 Å². The fourth-order valence-corrected chi connectivity index (χ4v) is 2.43. The molecule has 2 amide bonds. The van der Waals surface area contributed by atoms with Gasteiger partial charge in [0, 0.05) is 11.2 Å². The lowest BCUT2D eigenvalue weighted by atomic mass is 10.1. The standard InChI is InChI=1S/C16H18N6O2/c1-16(2,3)22-13-11(20-15(22)24)12(17-9-18-13)21-14(23)19-10-7-5-4-6-8-10/h4-9H,1-3H3,(H,20,24)(H2,17,18,19,21,23). The van der Waals surface area contributed by atoms with Gasteiger partial charge in [-0.05, 0) is 32.9 Å². The van der Waals surface area contributed by atoms with Crippen LogP contribution in [-0.2, 0) is 5.54 Å². The third kappa shape index (κ3) is 2.98. The van der Waals surface area contributed by atoms with Gasteiger partial charge in [-0.25, -0.2) is 19.6 Å². The van der Waals surface area contributed by atoms with Crippen LogP contribution in [0.1, 0.15) is 20.8 Å². The van der Waals surface area contributed by atoms with Crippen LogP contribution in [0.4, 0.5) is 16.3 Å². The molecule has 0 spiro atoms. The van der Waals surface area contributed by atoms with Gasteiger partial charge in [0.1, 0.15) is 11.8 Å². The smallest absolute Gasteiger partial charge is 0.308 e. The molecule has 0 atom stereocenters. The number of nitrogens with zero attached hydrogens (tertiary/aromatic N) is 3. The molecule has 124 valence electrons. The highest BCUT2D eigenvalue weighted by Crippen LogP contribution is 2.21. The summed E-state index contributed by atoms with van der Waals surface area (Å²) < 4.78 is 1.53. The topological polar surface area (TPSA) is 105 Å². The minimum Gasteiger partial charge on any atom is -0.308 e. The van der Waals surface area contributed by atoms with Crippen LogP contribution in [-0.4, -0.2) is 25.6 Å². The summed E-state index contributed by atoms with van der Waals surface area (Å²) in [5.74, 6) is 0.244. The van der Waals surface area contributed by atoms with Crippen molar-refractivity contribution in [3.63, 3.8) is 0 Å². The van der Waals surface area contributed by atoms with Gasteiger partial charge in [0.05, 0.1) is 0 Å². The second kappa shape index (κ2) is 5.80. The maximum atomic E-state index is 12.2. The number of hydrogen-bond donors (Lipinski definition) is 3. The van der Waals surface area contributed by atoms with Gasteiger partial charge < -0.3 is 10.3 Å². The summed E-state index contributed by atoms with van der Waals surface area (Å²) in [6.45, 7) is 5.71. The number of H-pyrrole nitrogens is 1. The normalized spacial score (nSPS) is 11.5. The third-order valence-corrected chi connectivity index (χ3v) is 3.41. The Labute approximate surface area is 137 Å². The van der Waals surface area contributed by atoms with E-state index in [0.29, 0.717) is 16.9 Å². The molecule has 8 nitrogen and oxygen atoms in total. The number of fused-ring (bicyclic) bond motifs is 1. The number of benzene rings is 1. The Bertz CT molecular complexity index is 937. The molecule has 0 aliphatic heterocycles. The summed E-state index contributed by atoms with van der Waals surface area (Å²) in [6.07, 6.45) is 1.32. The molecular formula is C16H18N6O2. The van der Waals surface area contributed by atoms with E-state index in [9.17, 15) is 9.59 Å². The number of carbonyl (C=O) groups is 1. The molecule has 0 fully saturated rings. The summed E-state index contributed by atoms with van der Waals surface area (Å²) >= 11 is 0. The number of aromatic amines is 1. The maximum absolute atomic E-state index is 12.2. The summed E-state index contributed by atoms with van der Waals surface area (Å²) in [6, 6.07) is 8.58. The zero-order valence-corrected chi connectivity index (χ0v) is 13.6. The van der Waals surface area contributed by atoms with E-state index in [-0.39, 0.29) is 11.5 Å². The molecule has 0 unspecified atom stereocenters. The summed E-state index contributed by atoms with van der Waals surface area (Å²) in [5.41, 5.74) is 0.733. The van der Waals surface area contributed by atoms with E-state index >= 15 is 0 Å². The maximum Gasteiger partial charge on any atom is 0.328 e. The first-order valence-corrected chi connectivity index (χ1v) is 7.45. The van der Waals surface area contributed by atoms with Crippen molar-refractivity contribution in [1.29, 1.82) is 0 Å². The van der Waals surface area contributed by atoms with Gasteiger partial charge in [0.25, 0.3) is 0 Å². The van der Waals surface area contributed by atoms with Crippen LogP contribution in [0, 0.1) is 0 Å². The molecule has 0 saturated carbocycles. The highest BCUT2D eigenvalue weighted by atomic mass is 16.2. The molecule has 2 aromatic heterocycles. The Hall–Kier alpha value is -3.16. The molecular weight excluding hydrogens is 308 g/mol. The van der Waals surface area contributed by atoms with Crippen LogP contribution < -0.4 is 16.3 Å². The van der Waals surface area contributed by atoms with Crippen molar-refractivity contribution in [3.05, 3.63) is 47.1 Å². The lowest BCUT2D eigenvalue weighted by Gasteiger charge is -2.19. The number of rotatable bonds is 2. The van der Waals surface area contributed by atoms with Gasteiger partial charge in [-0.15, -0.1) is 0 Å². The zero-order chi connectivity index (χ0) is 17.3. The molecule has 2 heterocycles. The van der Waals surface area contributed by atoms with Crippen LogP contribution in [0.15, 0.2) is 41.5 Å². The molecule has 8 heteroatoms. The average molecular weight is 326 g/mol. The molecule has 0 aliphatic carbocycles. The van der Waals surface area contributed by atoms with Crippen LogP contribution in [0.25, 0.3) is 11.2 Å². The number of nitrogens with one attached hydrogen (secondary N) is 3. The van der Waals surface area contributed by atoms with Crippen LogP contribution in [0.2, 0.25) is 0 Å². The van der Waals surface area contributed by atoms with Crippen molar-refractivity contribution < 1.29 is 4.79 Å². The van der Waals surface area contributed by atoms with Crippen molar-refractivity contribution in [2.45, 2.75) is 26.3 Å².